The predicted octanol–water partition coefficient (Wildman–Crippen LogP) is 3.43. The van der Waals surface area contributed by atoms with Gasteiger partial charge >= 0.3 is 0 Å². The zero-order valence-corrected chi connectivity index (χ0v) is 13.3. The summed E-state index contributed by atoms with van der Waals surface area (Å²) in [5.74, 6) is 1.02. The van der Waals surface area contributed by atoms with Crippen LogP contribution in [-0.4, -0.2) is 24.0 Å². The van der Waals surface area contributed by atoms with Crippen LogP contribution >= 0.6 is 15.9 Å². The summed E-state index contributed by atoms with van der Waals surface area (Å²) < 4.78 is 0.996. The van der Waals surface area contributed by atoms with E-state index >= 15 is 0 Å². The highest BCUT2D eigenvalue weighted by molar-refractivity contribution is 9.10. The van der Waals surface area contributed by atoms with Gasteiger partial charge in [0.25, 0.3) is 5.69 Å². The summed E-state index contributed by atoms with van der Waals surface area (Å²) in [7, 11) is 3.54. The molecular formula is C14H15BrN4O2. The number of aromatic nitrogens is 1. The van der Waals surface area contributed by atoms with Gasteiger partial charge in [-0.15, -0.1) is 0 Å². The lowest BCUT2D eigenvalue weighted by Gasteiger charge is -2.19. The molecule has 2 aromatic rings. The summed E-state index contributed by atoms with van der Waals surface area (Å²) in [6.07, 6.45) is 0. The van der Waals surface area contributed by atoms with Crippen LogP contribution in [0.5, 0.6) is 0 Å². The molecule has 0 aliphatic carbocycles. The monoisotopic (exact) mass is 350 g/mol. The van der Waals surface area contributed by atoms with Crippen molar-refractivity contribution < 1.29 is 4.92 Å². The lowest BCUT2D eigenvalue weighted by atomic mass is 10.2. The van der Waals surface area contributed by atoms with Crippen LogP contribution in [0.15, 0.2) is 40.9 Å². The minimum Gasteiger partial charge on any atom is -0.373 e. The van der Waals surface area contributed by atoms with Crippen molar-refractivity contribution in [2.24, 2.45) is 0 Å². The molecule has 0 saturated carbocycles. The van der Waals surface area contributed by atoms with E-state index in [0.717, 1.165) is 10.0 Å². The van der Waals surface area contributed by atoms with E-state index in [2.05, 4.69) is 26.2 Å². The zero-order valence-electron chi connectivity index (χ0n) is 11.7. The van der Waals surface area contributed by atoms with Crippen molar-refractivity contribution in [3.63, 3.8) is 0 Å². The zero-order chi connectivity index (χ0) is 15.4. The maximum absolute atomic E-state index is 11.0. The predicted molar refractivity (Wildman–Crippen MR) is 86.7 cm³/mol. The maximum atomic E-state index is 11.0. The number of hydrogen-bond donors (Lipinski definition) is 1. The molecule has 110 valence electrons. The minimum atomic E-state index is -0.418. The lowest BCUT2D eigenvalue weighted by molar-refractivity contribution is -0.384. The Morgan fingerprint density at radius 2 is 2.10 bits per heavy atom. The minimum absolute atomic E-state index is 0.0170. The molecule has 0 bridgehead atoms. The molecule has 21 heavy (non-hydrogen) atoms. The van der Waals surface area contributed by atoms with Crippen molar-refractivity contribution in [1.82, 2.24) is 4.98 Å². The average Bonchev–Trinajstić information content (AvgIpc) is 2.49. The Balaban J connectivity index is 2.30. The van der Waals surface area contributed by atoms with Gasteiger partial charge in [0, 0.05) is 25.1 Å². The Labute approximate surface area is 131 Å². The van der Waals surface area contributed by atoms with Gasteiger partial charge in [-0.25, -0.2) is 4.98 Å². The Morgan fingerprint density at radius 3 is 2.71 bits per heavy atom. The van der Waals surface area contributed by atoms with Crippen LogP contribution in [0.3, 0.4) is 0 Å². The largest absolute Gasteiger partial charge is 0.373 e. The van der Waals surface area contributed by atoms with E-state index in [0.29, 0.717) is 18.2 Å². The van der Waals surface area contributed by atoms with Crippen molar-refractivity contribution in [1.29, 1.82) is 0 Å². The van der Waals surface area contributed by atoms with Gasteiger partial charge in [0.15, 0.2) is 0 Å². The average molecular weight is 351 g/mol. The van der Waals surface area contributed by atoms with E-state index in [9.17, 15) is 10.1 Å². The number of hydrogen-bond acceptors (Lipinski definition) is 5. The van der Waals surface area contributed by atoms with E-state index in [1.165, 1.54) is 12.1 Å². The van der Waals surface area contributed by atoms with Crippen LogP contribution in [0, 0.1) is 10.1 Å². The molecule has 0 unspecified atom stereocenters. The molecule has 1 aromatic carbocycles. The van der Waals surface area contributed by atoms with Gasteiger partial charge < -0.3 is 10.2 Å². The number of pyridine rings is 1. The van der Waals surface area contributed by atoms with Gasteiger partial charge in [-0.1, -0.05) is 34.1 Å². The molecule has 1 aromatic heterocycles. The first-order chi connectivity index (χ1) is 10.0. The summed E-state index contributed by atoms with van der Waals surface area (Å²) in [6.45, 7) is 0.596. The second kappa shape index (κ2) is 6.53. The molecule has 0 spiro atoms. The molecule has 1 N–H and O–H groups in total. The summed E-state index contributed by atoms with van der Waals surface area (Å²) in [5, 5.41) is 13.8. The molecule has 0 aliphatic rings. The molecule has 0 atom stereocenters. The van der Waals surface area contributed by atoms with E-state index in [-0.39, 0.29) is 5.69 Å². The van der Waals surface area contributed by atoms with Crippen LogP contribution in [0.4, 0.5) is 17.3 Å². The van der Waals surface area contributed by atoms with Gasteiger partial charge in [-0.3, -0.25) is 10.1 Å². The number of nitrogens with zero attached hydrogens (tertiary/aromatic N) is 3. The number of halogens is 1. The number of rotatable bonds is 5. The van der Waals surface area contributed by atoms with Crippen molar-refractivity contribution in [2.45, 2.75) is 6.54 Å². The molecule has 0 saturated heterocycles. The molecular weight excluding hydrogens is 336 g/mol. The molecule has 6 nitrogen and oxygen atoms in total. The van der Waals surface area contributed by atoms with E-state index in [1.807, 2.05) is 36.2 Å². The number of benzene rings is 1. The second-order valence-electron chi connectivity index (χ2n) is 4.52. The third-order valence-corrected chi connectivity index (χ3v) is 3.79. The summed E-state index contributed by atoms with van der Waals surface area (Å²) in [6, 6.07) is 10.7. The standard InChI is InChI=1S/C14H15BrN4O2/c1-16-13-7-11(19(20)21)8-14(17-13)18(2)9-10-5-3-4-6-12(10)15/h3-8H,9H2,1-2H3,(H,16,17). The fourth-order valence-corrected chi connectivity index (χ4v) is 2.30. The molecule has 0 amide bonds. The Hall–Kier alpha value is -2.15. The third-order valence-electron chi connectivity index (χ3n) is 3.02. The fourth-order valence-electron chi connectivity index (χ4n) is 1.89. The van der Waals surface area contributed by atoms with Gasteiger partial charge in [-0.05, 0) is 11.6 Å². The van der Waals surface area contributed by atoms with Crippen LogP contribution in [-0.2, 0) is 6.54 Å². The van der Waals surface area contributed by atoms with Crippen LogP contribution in [0.2, 0.25) is 0 Å². The smallest absolute Gasteiger partial charge is 0.276 e. The molecule has 2 rings (SSSR count). The molecule has 0 radical (unpaired) electrons. The summed E-state index contributed by atoms with van der Waals surface area (Å²) in [5.41, 5.74) is 1.10. The van der Waals surface area contributed by atoms with Crippen LogP contribution in [0.1, 0.15) is 5.56 Å². The van der Waals surface area contributed by atoms with E-state index < -0.39 is 4.92 Å². The SMILES string of the molecule is CNc1cc([N+](=O)[O-])cc(N(C)Cc2ccccc2Br)n1. The second-order valence-corrected chi connectivity index (χ2v) is 5.38. The quantitative estimate of drug-likeness (QED) is 0.660. The first-order valence-electron chi connectivity index (χ1n) is 6.30. The van der Waals surface area contributed by atoms with Crippen molar-refractivity contribution in [3.8, 4) is 0 Å². The Bertz CT molecular complexity index is 663. The first-order valence-corrected chi connectivity index (χ1v) is 7.09. The van der Waals surface area contributed by atoms with Gasteiger partial charge in [0.1, 0.15) is 11.6 Å². The fraction of sp³-hybridized carbons (Fsp3) is 0.214. The van der Waals surface area contributed by atoms with Crippen molar-refractivity contribution in [3.05, 3.63) is 56.5 Å². The summed E-state index contributed by atoms with van der Waals surface area (Å²) >= 11 is 3.50. The molecule has 0 fully saturated rings. The van der Waals surface area contributed by atoms with Gasteiger partial charge in [-0.2, -0.15) is 0 Å². The number of anilines is 2. The third kappa shape index (κ3) is 3.69. The maximum Gasteiger partial charge on any atom is 0.276 e. The molecule has 0 aliphatic heterocycles. The molecule has 7 heteroatoms. The molecule has 1 heterocycles. The van der Waals surface area contributed by atoms with Gasteiger partial charge in [0.2, 0.25) is 0 Å². The summed E-state index contributed by atoms with van der Waals surface area (Å²) in [4.78, 5) is 16.8. The Morgan fingerprint density at radius 1 is 1.38 bits per heavy atom. The van der Waals surface area contributed by atoms with Crippen LogP contribution < -0.4 is 10.2 Å². The highest BCUT2D eigenvalue weighted by Gasteiger charge is 2.14. The first kappa shape index (κ1) is 15.2. The van der Waals surface area contributed by atoms with Gasteiger partial charge in [0.05, 0.1) is 17.1 Å². The normalized spacial score (nSPS) is 10.2. The highest BCUT2D eigenvalue weighted by atomic mass is 79.9. The highest BCUT2D eigenvalue weighted by Crippen LogP contribution is 2.25. The number of nitrogens with one attached hydrogen (secondary N) is 1. The Kier molecular flexibility index (Phi) is 4.74. The van der Waals surface area contributed by atoms with E-state index in [4.69, 9.17) is 0 Å². The van der Waals surface area contributed by atoms with Crippen LogP contribution in [0.25, 0.3) is 0 Å². The van der Waals surface area contributed by atoms with Crippen molar-refractivity contribution in [2.75, 3.05) is 24.3 Å². The lowest BCUT2D eigenvalue weighted by Crippen LogP contribution is -2.18. The van der Waals surface area contributed by atoms with E-state index in [1.54, 1.807) is 7.05 Å². The number of nitro groups is 1. The van der Waals surface area contributed by atoms with Crippen molar-refractivity contribution >= 4 is 33.3 Å². The topological polar surface area (TPSA) is 71.3 Å².